The number of nitrogens with zero attached hydrogens (tertiary/aromatic N) is 2. The molecule has 0 radical (unpaired) electrons. The van der Waals surface area contributed by atoms with E-state index in [4.69, 9.17) is 16.9 Å². The van der Waals surface area contributed by atoms with Crippen LogP contribution in [0.25, 0.3) is 11.3 Å². The molecule has 1 heterocycles. The lowest BCUT2D eigenvalue weighted by Gasteiger charge is -2.14. The van der Waals surface area contributed by atoms with Gasteiger partial charge in [-0.25, -0.2) is 0 Å². The molecule has 0 aliphatic carbocycles. The molecule has 3 rings (SSSR count). The van der Waals surface area contributed by atoms with Crippen molar-refractivity contribution in [2.75, 3.05) is 0 Å². The predicted molar refractivity (Wildman–Crippen MR) is 91.4 cm³/mol. The standard InChI is InChI=1S/C19H13ClN2O/c20-17-9-5-4-8-16(17)13-22-18(14-6-2-1-3-7-14)11-10-15(12-21)19(22)23/h1-11H,13H2. The molecule has 0 amide bonds. The van der Waals surface area contributed by atoms with E-state index in [1.807, 2.05) is 54.6 Å². The summed E-state index contributed by atoms with van der Waals surface area (Å²) >= 11 is 6.22. The Labute approximate surface area is 139 Å². The van der Waals surface area contributed by atoms with Gasteiger partial charge in [-0.05, 0) is 29.3 Å². The Morgan fingerprint density at radius 3 is 2.35 bits per heavy atom. The van der Waals surface area contributed by atoms with Gasteiger partial charge in [0.25, 0.3) is 5.56 Å². The number of pyridine rings is 1. The van der Waals surface area contributed by atoms with Gasteiger partial charge in [0.2, 0.25) is 0 Å². The summed E-state index contributed by atoms with van der Waals surface area (Å²) in [6, 6.07) is 22.3. The van der Waals surface area contributed by atoms with Crippen LogP contribution in [0.2, 0.25) is 5.02 Å². The second kappa shape index (κ2) is 6.51. The van der Waals surface area contributed by atoms with Gasteiger partial charge in [-0.15, -0.1) is 0 Å². The van der Waals surface area contributed by atoms with E-state index in [-0.39, 0.29) is 11.1 Å². The van der Waals surface area contributed by atoms with Crippen molar-refractivity contribution in [2.24, 2.45) is 0 Å². The molecule has 0 fully saturated rings. The van der Waals surface area contributed by atoms with E-state index < -0.39 is 0 Å². The van der Waals surface area contributed by atoms with E-state index in [9.17, 15) is 4.79 Å². The van der Waals surface area contributed by atoms with Crippen molar-refractivity contribution in [1.82, 2.24) is 4.57 Å². The zero-order chi connectivity index (χ0) is 16.2. The molecule has 3 aromatic rings. The van der Waals surface area contributed by atoms with Crippen LogP contribution in [0.3, 0.4) is 0 Å². The molecule has 0 aliphatic heterocycles. The van der Waals surface area contributed by atoms with Crippen LogP contribution in [-0.2, 0) is 6.54 Å². The number of aromatic nitrogens is 1. The Bertz CT molecular complexity index is 940. The number of hydrogen-bond donors (Lipinski definition) is 0. The molecule has 0 aliphatic rings. The van der Waals surface area contributed by atoms with Crippen molar-refractivity contribution < 1.29 is 0 Å². The van der Waals surface area contributed by atoms with Gasteiger partial charge in [-0.3, -0.25) is 4.79 Å². The Morgan fingerprint density at radius 1 is 0.957 bits per heavy atom. The first kappa shape index (κ1) is 15.1. The molecule has 1 aromatic heterocycles. The maximum Gasteiger partial charge on any atom is 0.269 e. The summed E-state index contributed by atoms with van der Waals surface area (Å²) in [5, 5.41) is 9.73. The van der Waals surface area contributed by atoms with E-state index in [0.717, 1.165) is 16.8 Å². The van der Waals surface area contributed by atoms with Crippen molar-refractivity contribution >= 4 is 11.6 Å². The molecule has 0 N–H and O–H groups in total. The van der Waals surface area contributed by atoms with E-state index >= 15 is 0 Å². The van der Waals surface area contributed by atoms with Gasteiger partial charge >= 0.3 is 0 Å². The zero-order valence-electron chi connectivity index (χ0n) is 12.2. The van der Waals surface area contributed by atoms with Crippen LogP contribution in [-0.4, -0.2) is 4.57 Å². The minimum atomic E-state index is -0.311. The summed E-state index contributed by atoms with van der Waals surface area (Å²) in [6.45, 7) is 0.318. The Balaban J connectivity index is 2.19. The van der Waals surface area contributed by atoms with Crippen molar-refractivity contribution in [1.29, 1.82) is 5.26 Å². The molecule has 4 heteroatoms. The van der Waals surface area contributed by atoms with Crippen LogP contribution in [0.4, 0.5) is 0 Å². The maximum absolute atomic E-state index is 12.6. The quantitative estimate of drug-likeness (QED) is 0.729. The first-order chi connectivity index (χ1) is 11.2. The fourth-order valence-corrected chi connectivity index (χ4v) is 2.67. The molecule has 3 nitrogen and oxygen atoms in total. The van der Waals surface area contributed by atoms with Crippen molar-refractivity contribution in [2.45, 2.75) is 6.54 Å². The van der Waals surface area contributed by atoms with Crippen LogP contribution >= 0.6 is 11.6 Å². The zero-order valence-corrected chi connectivity index (χ0v) is 13.0. The molecular weight excluding hydrogens is 308 g/mol. The van der Waals surface area contributed by atoms with Gasteiger partial charge in [0, 0.05) is 5.02 Å². The molecule has 2 aromatic carbocycles. The van der Waals surface area contributed by atoms with Gasteiger partial charge in [0.1, 0.15) is 11.6 Å². The molecular formula is C19H13ClN2O. The minimum Gasteiger partial charge on any atom is -0.303 e. The molecule has 0 bridgehead atoms. The lowest BCUT2D eigenvalue weighted by atomic mass is 10.1. The number of halogens is 1. The smallest absolute Gasteiger partial charge is 0.269 e. The topological polar surface area (TPSA) is 45.8 Å². The number of hydrogen-bond acceptors (Lipinski definition) is 2. The van der Waals surface area contributed by atoms with Gasteiger partial charge in [-0.2, -0.15) is 5.26 Å². The lowest BCUT2D eigenvalue weighted by Crippen LogP contribution is -2.24. The number of benzene rings is 2. The SMILES string of the molecule is N#Cc1ccc(-c2ccccc2)n(Cc2ccccc2Cl)c1=O. The lowest BCUT2D eigenvalue weighted by molar-refractivity contribution is 0.766. The highest BCUT2D eigenvalue weighted by Gasteiger charge is 2.12. The largest absolute Gasteiger partial charge is 0.303 e. The Hall–Kier alpha value is -2.83. The minimum absolute atomic E-state index is 0.122. The van der Waals surface area contributed by atoms with Gasteiger partial charge in [0.05, 0.1) is 12.2 Å². The number of nitriles is 1. The highest BCUT2D eigenvalue weighted by Crippen LogP contribution is 2.21. The monoisotopic (exact) mass is 320 g/mol. The summed E-state index contributed by atoms with van der Waals surface area (Å²) < 4.78 is 1.59. The molecule has 0 atom stereocenters. The van der Waals surface area contributed by atoms with Crippen LogP contribution in [0.5, 0.6) is 0 Å². The van der Waals surface area contributed by atoms with Gasteiger partial charge in [0.15, 0.2) is 0 Å². The Morgan fingerprint density at radius 2 is 1.65 bits per heavy atom. The number of rotatable bonds is 3. The summed E-state index contributed by atoms with van der Waals surface area (Å²) in [6.07, 6.45) is 0. The second-order valence-corrected chi connectivity index (χ2v) is 5.50. The first-order valence-corrected chi connectivity index (χ1v) is 7.51. The molecule has 0 saturated carbocycles. The van der Waals surface area contributed by atoms with Crippen molar-refractivity contribution in [3.8, 4) is 17.3 Å². The summed E-state index contributed by atoms with van der Waals surface area (Å²) in [4.78, 5) is 12.6. The van der Waals surface area contributed by atoms with Crippen LogP contribution in [0.1, 0.15) is 11.1 Å². The third-order valence-electron chi connectivity index (χ3n) is 3.65. The third kappa shape index (κ3) is 3.03. The second-order valence-electron chi connectivity index (χ2n) is 5.09. The van der Waals surface area contributed by atoms with Gasteiger partial charge < -0.3 is 4.57 Å². The van der Waals surface area contributed by atoms with Crippen molar-refractivity contribution in [3.05, 3.63) is 93.2 Å². The molecule has 0 saturated heterocycles. The summed E-state index contributed by atoms with van der Waals surface area (Å²) in [7, 11) is 0. The predicted octanol–water partition coefficient (Wildman–Crippen LogP) is 4.09. The van der Waals surface area contributed by atoms with Crippen LogP contribution < -0.4 is 5.56 Å². The van der Waals surface area contributed by atoms with E-state index in [1.54, 1.807) is 22.8 Å². The highest BCUT2D eigenvalue weighted by atomic mass is 35.5. The van der Waals surface area contributed by atoms with Crippen LogP contribution in [0.15, 0.2) is 71.5 Å². The third-order valence-corrected chi connectivity index (χ3v) is 4.02. The average Bonchev–Trinajstić information content (AvgIpc) is 2.59. The fraction of sp³-hybridized carbons (Fsp3) is 0.0526. The van der Waals surface area contributed by atoms with E-state index in [0.29, 0.717) is 11.6 Å². The molecule has 23 heavy (non-hydrogen) atoms. The normalized spacial score (nSPS) is 10.3. The summed E-state index contributed by atoms with van der Waals surface area (Å²) in [5.74, 6) is 0. The molecule has 0 spiro atoms. The summed E-state index contributed by atoms with van der Waals surface area (Å²) in [5.41, 5.74) is 2.32. The highest BCUT2D eigenvalue weighted by molar-refractivity contribution is 6.31. The van der Waals surface area contributed by atoms with E-state index in [2.05, 4.69) is 0 Å². The first-order valence-electron chi connectivity index (χ1n) is 7.13. The maximum atomic E-state index is 12.6. The van der Waals surface area contributed by atoms with Crippen molar-refractivity contribution in [3.63, 3.8) is 0 Å². The Kier molecular flexibility index (Phi) is 4.27. The van der Waals surface area contributed by atoms with Crippen LogP contribution in [0, 0.1) is 11.3 Å². The molecule has 112 valence electrons. The molecule has 0 unspecified atom stereocenters. The average molecular weight is 321 g/mol. The fourth-order valence-electron chi connectivity index (χ4n) is 2.48. The van der Waals surface area contributed by atoms with E-state index in [1.165, 1.54) is 0 Å². The van der Waals surface area contributed by atoms with Gasteiger partial charge in [-0.1, -0.05) is 60.1 Å².